The number of nitrogens with zero attached hydrogens (tertiary/aromatic N) is 1. The molecule has 1 heterocycles. The molecule has 0 bridgehead atoms. The van der Waals surface area contributed by atoms with E-state index in [2.05, 4.69) is 4.98 Å². The molecule has 1 aromatic heterocycles. The van der Waals surface area contributed by atoms with Crippen molar-refractivity contribution in [2.75, 3.05) is 0 Å². The van der Waals surface area contributed by atoms with Gasteiger partial charge in [-0.25, -0.2) is 9.78 Å². The van der Waals surface area contributed by atoms with E-state index in [9.17, 15) is 4.79 Å². The number of rotatable bonds is 1. The predicted octanol–water partition coefficient (Wildman–Crippen LogP) is 1.40. The van der Waals surface area contributed by atoms with Gasteiger partial charge in [0.1, 0.15) is 0 Å². The average molecular weight is 151 g/mol. The lowest BCUT2D eigenvalue weighted by atomic mass is 10.2. The van der Waals surface area contributed by atoms with Gasteiger partial charge >= 0.3 is 5.97 Å². The summed E-state index contributed by atoms with van der Waals surface area (Å²) in [4.78, 5) is 14.2. The number of carboxylic acids is 1. The van der Waals surface area contributed by atoms with Crippen LogP contribution in [0.3, 0.4) is 0 Å². The number of aromatic carboxylic acids is 1. The lowest BCUT2D eigenvalue weighted by Crippen LogP contribution is -2.02. The van der Waals surface area contributed by atoms with Crippen molar-refractivity contribution in [1.29, 1.82) is 0 Å². The third kappa shape index (κ3) is 1.55. The van der Waals surface area contributed by atoms with Crippen LogP contribution in [0.5, 0.6) is 0 Å². The van der Waals surface area contributed by atoms with E-state index in [1.54, 1.807) is 19.2 Å². The molecule has 0 aliphatic carbocycles. The Morgan fingerprint density at radius 1 is 1.55 bits per heavy atom. The van der Waals surface area contributed by atoms with Gasteiger partial charge in [0.2, 0.25) is 0 Å². The largest absolute Gasteiger partial charge is 0.477 e. The molecule has 0 amide bonds. The molecule has 0 aromatic carbocycles. The average Bonchev–Trinajstić information content (AvgIpc) is 1.85. The first kappa shape index (κ1) is 7.72. The van der Waals surface area contributed by atoms with Crippen molar-refractivity contribution in [2.45, 2.75) is 13.8 Å². The molecule has 0 saturated carbocycles. The lowest BCUT2D eigenvalue weighted by molar-refractivity contribution is 0.0689. The molecule has 0 aliphatic heterocycles. The van der Waals surface area contributed by atoms with E-state index in [0.29, 0.717) is 5.56 Å². The maximum Gasteiger partial charge on any atom is 0.354 e. The van der Waals surface area contributed by atoms with E-state index in [1.165, 1.54) is 0 Å². The summed E-state index contributed by atoms with van der Waals surface area (Å²) in [6.45, 7) is 3.62. The second-order valence-electron chi connectivity index (χ2n) is 2.48. The molecule has 0 aliphatic rings. The van der Waals surface area contributed by atoms with Gasteiger partial charge in [0.05, 0.1) is 0 Å². The van der Waals surface area contributed by atoms with Gasteiger partial charge in [-0.1, -0.05) is 6.07 Å². The van der Waals surface area contributed by atoms with Crippen molar-refractivity contribution in [1.82, 2.24) is 4.98 Å². The van der Waals surface area contributed by atoms with Gasteiger partial charge in [-0.05, 0) is 25.0 Å². The van der Waals surface area contributed by atoms with E-state index in [0.717, 1.165) is 5.56 Å². The van der Waals surface area contributed by atoms with Crippen molar-refractivity contribution in [3.05, 3.63) is 29.1 Å². The summed E-state index contributed by atoms with van der Waals surface area (Å²) >= 11 is 0. The minimum atomic E-state index is -0.970. The highest BCUT2D eigenvalue weighted by Gasteiger charge is 2.06. The van der Waals surface area contributed by atoms with Crippen LogP contribution in [-0.4, -0.2) is 16.1 Å². The number of aryl methyl sites for hydroxylation is 2. The molecule has 1 N–H and O–H groups in total. The molecule has 1 aromatic rings. The molecular weight excluding hydrogens is 142 g/mol. The molecule has 0 radical (unpaired) electrons. The standard InChI is InChI=1S/C8H9NO2/c1-5-3-6(2)7(8(10)11)9-4-5/h3-4H,1-2H3,(H,10,11). The first-order valence-corrected chi connectivity index (χ1v) is 3.28. The summed E-state index contributed by atoms with van der Waals surface area (Å²) in [5.41, 5.74) is 1.82. The summed E-state index contributed by atoms with van der Waals surface area (Å²) in [6, 6.07) is 1.80. The topological polar surface area (TPSA) is 50.2 Å². The van der Waals surface area contributed by atoms with Gasteiger partial charge in [-0.3, -0.25) is 0 Å². The van der Waals surface area contributed by atoms with Crippen molar-refractivity contribution in [3.63, 3.8) is 0 Å². The van der Waals surface area contributed by atoms with Crippen molar-refractivity contribution < 1.29 is 9.90 Å². The fraction of sp³-hybridized carbons (Fsp3) is 0.250. The second kappa shape index (κ2) is 2.70. The third-order valence-electron chi connectivity index (χ3n) is 1.42. The van der Waals surface area contributed by atoms with Crippen LogP contribution in [0.1, 0.15) is 21.6 Å². The number of hydrogen-bond donors (Lipinski definition) is 1. The van der Waals surface area contributed by atoms with E-state index in [-0.39, 0.29) is 5.69 Å². The number of pyridine rings is 1. The van der Waals surface area contributed by atoms with Gasteiger partial charge < -0.3 is 5.11 Å². The SMILES string of the molecule is Cc1cnc(C(=O)O)c(C)c1. The Morgan fingerprint density at radius 2 is 2.18 bits per heavy atom. The van der Waals surface area contributed by atoms with Gasteiger partial charge in [0.15, 0.2) is 5.69 Å². The fourth-order valence-corrected chi connectivity index (χ4v) is 0.939. The summed E-state index contributed by atoms with van der Waals surface area (Å²) in [7, 11) is 0. The minimum Gasteiger partial charge on any atom is -0.477 e. The Morgan fingerprint density at radius 3 is 2.64 bits per heavy atom. The molecule has 58 valence electrons. The Bertz CT molecular complexity index is 294. The van der Waals surface area contributed by atoms with Crippen LogP contribution in [0.15, 0.2) is 12.3 Å². The maximum absolute atomic E-state index is 10.5. The summed E-state index contributed by atoms with van der Waals surface area (Å²) < 4.78 is 0. The first-order valence-electron chi connectivity index (χ1n) is 3.28. The summed E-state index contributed by atoms with van der Waals surface area (Å²) in [5, 5.41) is 8.59. The van der Waals surface area contributed by atoms with Crippen LogP contribution in [0.4, 0.5) is 0 Å². The Labute approximate surface area is 64.7 Å². The fourth-order valence-electron chi connectivity index (χ4n) is 0.939. The lowest BCUT2D eigenvalue weighted by Gasteiger charge is -1.98. The van der Waals surface area contributed by atoms with E-state index < -0.39 is 5.97 Å². The van der Waals surface area contributed by atoms with Crippen LogP contribution < -0.4 is 0 Å². The third-order valence-corrected chi connectivity index (χ3v) is 1.42. The molecule has 11 heavy (non-hydrogen) atoms. The van der Waals surface area contributed by atoms with E-state index in [4.69, 9.17) is 5.11 Å². The van der Waals surface area contributed by atoms with Crippen molar-refractivity contribution in [3.8, 4) is 0 Å². The zero-order valence-electron chi connectivity index (χ0n) is 6.46. The summed E-state index contributed by atoms with van der Waals surface area (Å²) in [6.07, 6.45) is 1.55. The van der Waals surface area contributed by atoms with Crippen LogP contribution in [0.2, 0.25) is 0 Å². The zero-order valence-corrected chi connectivity index (χ0v) is 6.46. The molecule has 0 saturated heterocycles. The monoisotopic (exact) mass is 151 g/mol. The van der Waals surface area contributed by atoms with Gasteiger partial charge in [0.25, 0.3) is 0 Å². The number of aromatic nitrogens is 1. The van der Waals surface area contributed by atoms with E-state index in [1.807, 2.05) is 6.92 Å². The van der Waals surface area contributed by atoms with Gasteiger partial charge in [-0.15, -0.1) is 0 Å². The first-order chi connectivity index (χ1) is 5.11. The molecule has 0 fully saturated rings. The van der Waals surface area contributed by atoms with Crippen molar-refractivity contribution in [2.24, 2.45) is 0 Å². The number of hydrogen-bond acceptors (Lipinski definition) is 2. The maximum atomic E-state index is 10.5. The van der Waals surface area contributed by atoms with Crippen LogP contribution in [-0.2, 0) is 0 Å². The molecule has 3 heteroatoms. The summed E-state index contributed by atoms with van der Waals surface area (Å²) in [5.74, 6) is -0.970. The van der Waals surface area contributed by atoms with Crippen LogP contribution >= 0.6 is 0 Å². The molecule has 0 spiro atoms. The quantitative estimate of drug-likeness (QED) is 0.659. The Balaban J connectivity index is 3.20. The van der Waals surface area contributed by atoms with E-state index >= 15 is 0 Å². The van der Waals surface area contributed by atoms with Crippen LogP contribution in [0, 0.1) is 13.8 Å². The predicted molar refractivity (Wildman–Crippen MR) is 40.7 cm³/mol. The van der Waals surface area contributed by atoms with Gasteiger partial charge in [-0.2, -0.15) is 0 Å². The molecule has 3 nitrogen and oxygen atoms in total. The smallest absolute Gasteiger partial charge is 0.354 e. The second-order valence-corrected chi connectivity index (χ2v) is 2.48. The number of carbonyl (C=O) groups is 1. The normalized spacial score (nSPS) is 9.64. The highest BCUT2D eigenvalue weighted by Crippen LogP contribution is 2.05. The highest BCUT2D eigenvalue weighted by molar-refractivity contribution is 5.86. The molecule has 1 rings (SSSR count). The van der Waals surface area contributed by atoms with Crippen LogP contribution in [0.25, 0.3) is 0 Å². The molecular formula is C8H9NO2. The molecule has 0 unspecified atom stereocenters. The highest BCUT2D eigenvalue weighted by atomic mass is 16.4. The van der Waals surface area contributed by atoms with Gasteiger partial charge in [0, 0.05) is 6.20 Å². The zero-order chi connectivity index (χ0) is 8.43. The number of carboxylic acid groups (broad SMARTS) is 1. The Kier molecular flexibility index (Phi) is 1.89. The molecule has 0 atom stereocenters. The van der Waals surface area contributed by atoms with Crippen molar-refractivity contribution >= 4 is 5.97 Å². The minimum absolute atomic E-state index is 0.135. The Hall–Kier alpha value is -1.38.